The van der Waals surface area contributed by atoms with E-state index >= 15 is 0 Å². The summed E-state index contributed by atoms with van der Waals surface area (Å²) in [6.07, 6.45) is 3.58. The van der Waals surface area contributed by atoms with Crippen LogP contribution in [0.3, 0.4) is 0 Å². The lowest BCUT2D eigenvalue weighted by atomic mass is 9.38. The molecule has 9 atom stereocenters. The van der Waals surface area contributed by atoms with Crippen molar-refractivity contribution in [3.8, 4) is 0 Å². The van der Waals surface area contributed by atoms with Crippen molar-refractivity contribution >= 4 is 0 Å². The molecule has 0 unspecified atom stereocenters. The second-order valence-corrected chi connectivity index (χ2v) is 10.6. The van der Waals surface area contributed by atoms with Gasteiger partial charge in [0.05, 0.1) is 18.8 Å². The zero-order valence-electron chi connectivity index (χ0n) is 17.7. The molecule has 4 aliphatic carbocycles. The molecule has 4 rings (SSSR count). The Morgan fingerprint density at radius 3 is 2.29 bits per heavy atom. The lowest BCUT2D eigenvalue weighted by molar-refractivity contribution is -0.286. The topological polar surface area (TPSA) is 99.4 Å². The van der Waals surface area contributed by atoms with E-state index < -0.39 is 29.5 Å². The monoisotopic (exact) mass is 398 g/mol. The quantitative estimate of drug-likeness (QED) is 0.538. The summed E-state index contributed by atoms with van der Waals surface area (Å²) >= 11 is 0. The Morgan fingerprint density at radius 2 is 1.68 bits per heavy atom. The van der Waals surface area contributed by atoms with Crippen molar-refractivity contribution < 1.29 is 29.9 Å². The predicted molar refractivity (Wildman–Crippen MR) is 103 cm³/mol. The lowest BCUT2D eigenvalue weighted by Gasteiger charge is -2.67. The highest BCUT2D eigenvalue weighted by Crippen LogP contribution is 2.75. The van der Waals surface area contributed by atoms with Crippen LogP contribution in [0.15, 0.2) is 0 Å². The maximum Gasteiger partial charge on any atom is 0.185 e. The van der Waals surface area contributed by atoms with Gasteiger partial charge in [-0.3, -0.25) is 0 Å². The van der Waals surface area contributed by atoms with Gasteiger partial charge in [0, 0.05) is 31.0 Å². The van der Waals surface area contributed by atoms with Crippen LogP contribution < -0.4 is 0 Å². The molecule has 0 aromatic rings. The van der Waals surface area contributed by atoms with E-state index in [1.807, 2.05) is 6.92 Å². The molecule has 0 heterocycles. The maximum absolute atomic E-state index is 11.7. The molecular weight excluding hydrogens is 360 g/mol. The standard InChI is InChI=1S/C22H38O6/c1-19(12-23)15-6-5-13-11-14-17(25)21(13,20(15,2)8-7-16(19)24)9-10-22(14,26)18(27-3)28-4/h13-18,23-26H,5-12H2,1-4H3/t13-,14-,15+,16-,17-,19+,20+,21-,22-/m1/s1. The average molecular weight is 399 g/mol. The minimum Gasteiger partial charge on any atom is -0.396 e. The third-order valence-corrected chi connectivity index (χ3v) is 10.1. The molecule has 6 nitrogen and oxygen atoms in total. The van der Waals surface area contributed by atoms with Crippen molar-refractivity contribution in [3.63, 3.8) is 0 Å². The van der Waals surface area contributed by atoms with E-state index in [1.54, 1.807) is 0 Å². The molecule has 4 aliphatic rings. The van der Waals surface area contributed by atoms with E-state index in [0.29, 0.717) is 18.8 Å². The molecule has 1 spiro atoms. The van der Waals surface area contributed by atoms with Gasteiger partial charge in [0.15, 0.2) is 6.29 Å². The molecule has 4 N–H and O–H groups in total. The van der Waals surface area contributed by atoms with Crippen LogP contribution >= 0.6 is 0 Å². The van der Waals surface area contributed by atoms with E-state index in [9.17, 15) is 20.4 Å². The molecule has 2 bridgehead atoms. The highest BCUT2D eigenvalue weighted by atomic mass is 16.7. The summed E-state index contributed by atoms with van der Waals surface area (Å²) in [5.74, 6) is 0.222. The van der Waals surface area contributed by atoms with Gasteiger partial charge in [-0.25, -0.2) is 0 Å². The van der Waals surface area contributed by atoms with Crippen LogP contribution in [0.25, 0.3) is 0 Å². The fraction of sp³-hybridized carbons (Fsp3) is 1.00. The first-order valence-corrected chi connectivity index (χ1v) is 10.9. The fourth-order valence-corrected chi connectivity index (χ4v) is 8.62. The number of aliphatic hydroxyl groups excluding tert-OH is 3. The first-order valence-electron chi connectivity index (χ1n) is 10.9. The van der Waals surface area contributed by atoms with Crippen molar-refractivity contribution in [1.29, 1.82) is 0 Å². The van der Waals surface area contributed by atoms with Crippen LogP contribution in [0.5, 0.6) is 0 Å². The van der Waals surface area contributed by atoms with E-state index in [4.69, 9.17) is 9.47 Å². The number of rotatable bonds is 4. The van der Waals surface area contributed by atoms with Gasteiger partial charge < -0.3 is 29.9 Å². The third-order valence-electron chi connectivity index (χ3n) is 10.1. The van der Waals surface area contributed by atoms with Gasteiger partial charge >= 0.3 is 0 Å². The first kappa shape index (κ1) is 21.0. The van der Waals surface area contributed by atoms with Crippen molar-refractivity contribution in [2.24, 2.45) is 34.0 Å². The Bertz CT molecular complexity index is 610. The smallest absolute Gasteiger partial charge is 0.185 e. The van der Waals surface area contributed by atoms with E-state index in [2.05, 4.69) is 6.92 Å². The highest BCUT2D eigenvalue weighted by Gasteiger charge is 2.75. The molecule has 0 radical (unpaired) electrons. The predicted octanol–water partition coefficient (Wildman–Crippen LogP) is 1.68. The zero-order valence-corrected chi connectivity index (χ0v) is 17.7. The fourth-order valence-electron chi connectivity index (χ4n) is 8.62. The van der Waals surface area contributed by atoms with Gasteiger partial charge in [-0.1, -0.05) is 13.8 Å². The summed E-state index contributed by atoms with van der Waals surface area (Å²) < 4.78 is 10.9. The Morgan fingerprint density at radius 1 is 1.00 bits per heavy atom. The van der Waals surface area contributed by atoms with Crippen LogP contribution in [-0.4, -0.2) is 65.4 Å². The third kappa shape index (κ3) is 2.25. The minimum absolute atomic E-state index is 0.0337. The van der Waals surface area contributed by atoms with Gasteiger partial charge in [-0.2, -0.15) is 0 Å². The largest absolute Gasteiger partial charge is 0.396 e. The van der Waals surface area contributed by atoms with Crippen LogP contribution in [-0.2, 0) is 9.47 Å². The Balaban J connectivity index is 1.76. The van der Waals surface area contributed by atoms with Crippen molar-refractivity contribution in [2.45, 2.75) is 82.9 Å². The molecule has 162 valence electrons. The number of fused-ring (bicyclic) bond motifs is 2. The molecular formula is C22H38O6. The summed E-state index contributed by atoms with van der Waals surface area (Å²) in [5.41, 5.74) is -2.18. The average Bonchev–Trinajstić information content (AvgIpc) is 2.90. The highest BCUT2D eigenvalue weighted by molar-refractivity contribution is 5.23. The molecule has 0 aromatic carbocycles. The zero-order chi connectivity index (χ0) is 20.5. The number of hydrogen-bond acceptors (Lipinski definition) is 6. The van der Waals surface area contributed by atoms with Crippen molar-refractivity contribution in [2.75, 3.05) is 20.8 Å². The van der Waals surface area contributed by atoms with Crippen LogP contribution in [0.1, 0.15) is 58.8 Å². The van der Waals surface area contributed by atoms with E-state index in [-0.39, 0.29) is 29.3 Å². The first-order chi connectivity index (χ1) is 13.2. The van der Waals surface area contributed by atoms with Crippen LogP contribution in [0.4, 0.5) is 0 Å². The van der Waals surface area contributed by atoms with Gasteiger partial charge in [0.1, 0.15) is 5.60 Å². The number of hydrogen-bond donors (Lipinski definition) is 4. The normalized spacial score (nSPS) is 55.8. The number of ether oxygens (including phenoxy) is 2. The van der Waals surface area contributed by atoms with E-state index in [1.165, 1.54) is 14.2 Å². The lowest BCUT2D eigenvalue weighted by Crippen LogP contribution is -2.68. The minimum atomic E-state index is -1.19. The second-order valence-electron chi connectivity index (χ2n) is 10.6. The molecule has 4 saturated carbocycles. The van der Waals surface area contributed by atoms with Gasteiger partial charge in [-0.15, -0.1) is 0 Å². The van der Waals surface area contributed by atoms with Gasteiger partial charge in [0.2, 0.25) is 0 Å². The maximum atomic E-state index is 11.7. The molecule has 6 heteroatoms. The summed E-state index contributed by atoms with van der Waals surface area (Å²) in [6.45, 7) is 4.26. The number of aliphatic hydroxyl groups is 4. The molecule has 0 saturated heterocycles. The van der Waals surface area contributed by atoms with Gasteiger partial charge in [-0.05, 0) is 62.2 Å². The summed E-state index contributed by atoms with van der Waals surface area (Å²) in [4.78, 5) is 0. The van der Waals surface area contributed by atoms with E-state index in [0.717, 1.165) is 32.1 Å². The van der Waals surface area contributed by atoms with Gasteiger partial charge in [0.25, 0.3) is 0 Å². The molecule has 28 heavy (non-hydrogen) atoms. The summed E-state index contributed by atoms with van der Waals surface area (Å²) in [7, 11) is 3.08. The van der Waals surface area contributed by atoms with Crippen LogP contribution in [0, 0.1) is 34.0 Å². The molecule has 0 aromatic heterocycles. The van der Waals surface area contributed by atoms with Crippen molar-refractivity contribution in [3.05, 3.63) is 0 Å². The Labute approximate surface area is 168 Å². The summed E-state index contributed by atoms with van der Waals surface area (Å²) in [6, 6.07) is 0. The molecule has 0 amide bonds. The SMILES string of the molecule is COC(OC)[C@@]1(O)CC[C@]23[C@H](CC[C@H]4[C@](C)(CO)[C@H](O)CC[C@@]42C)C[C@@H]1[C@H]3O. The van der Waals surface area contributed by atoms with Crippen LogP contribution in [0.2, 0.25) is 0 Å². The molecule has 4 fully saturated rings. The summed E-state index contributed by atoms with van der Waals surface area (Å²) in [5, 5.41) is 44.2. The van der Waals surface area contributed by atoms with Crippen molar-refractivity contribution in [1.82, 2.24) is 0 Å². The number of methoxy groups -OCH3 is 2. The molecule has 0 aliphatic heterocycles. The Hall–Kier alpha value is -0.240. The second kappa shape index (κ2) is 6.63. The Kier molecular flexibility index (Phi) is 4.97.